The molecule has 1 aliphatic heterocycles. The molecule has 1 aliphatic rings. The van der Waals surface area contributed by atoms with E-state index >= 15 is 0 Å². The van der Waals surface area contributed by atoms with Crippen molar-refractivity contribution in [2.75, 3.05) is 0 Å². The number of aliphatic carboxylic acids is 1. The van der Waals surface area contributed by atoms with Gasteiger partial charge in [-0.05, 0) is 11.1 Å². The van der Waals surface area contributed by atoms with Gasteiger partial charge in [-0.2, -0.15) is 0 Å². The molecule has 6 heteroatoms. The number of nitrogens with two attached hydrogens (primary N) is 1. The fourth-order valence-corrected chi connectivity index (χ4v) is 2.27. The Hall–Kier alpha value is -2.37. The van der Waals surface area contributed by atoms with Crippen LogP contribution < -0.4 is 5.73 Å². The van der Waals surface area contributed by atoms with E-state index in [9.17, 15) is 14.4 Å². The first-order chi connectivity index (χ1) is 8.99. The summed E-state index contributed by atoms with van der Waals surface area (Å²) in [4.78, 5) is 35.2. The summed E-state index contributed by atoms with van der Waals surface area (Å²) in [6, 6.07) is 6.65. The standard InChI is InChI=1S/C13H14N2O4/c14-13(19)10-5-8-3-1-2-4-9(8)7-15(10)11(16)6-12(17)18/h1-4,10H,5-7H2,(H2,14,19)(H,17,18)/t10-/m0/s1. The molecule has 0 saturated heterocycles. The highest BCUT2D eigenvalue weighted by Gasteiger charge is 2.33. The van der Waals surface area contributed by atoms with E-state index < -0.39 is 30.2 Å². The lowest BCUT2D eigenvalue weighted by Gasteiger charge is -2.34. The molecule has 1 aromatic carbocycles. The largest absolute Gasteiger partial charge is 0.481 e. The van der Waals surface area contributed by atoms with Crippen LogP contribution in [0.5, 0.6) is 0 Å². The van der Waals surface area contributed by atoms with Gasteiger partial charge in [-0.1, -0.05) is 24.3 Å². The van der Waals surface area contributed by atoms with Crippen molar-refractivity contribution in [3.63, 3.8) is 0 Å². The molecule has 0 radical (unpaired) electrons. The van der Waals surface area contributed by atoms with Crippen LogP contribution in [0.15, 0.2) is 24.3 Å². The monoisotopic (exact) mass is 262 g/mol. The quantitative estimate of drug-likeness (QED) is 0.743. The Morgan fingerprint density at radius 3 is 2.47 bits per heavy atom. The average Bonchev–Trinajstić information content (AvgIpc) is 2.36. The molecule has 1 aromatic rings. The summed E-state index contributed by atoms with van der Waals surface area (Å²) in [5, 5.41) is 8.67. The third-order valence-electron chi connectivity index (χ3n) is 3.20. The second-order valence-corrected chi connectivity index (χ2v) is 4.48. The molecule has 3 N–H and O–H groups in total. The van der Waals surface area contributed by atoms with Crippen molar-refractivity contribution in [2.24, 2.45) is 5.73 Å². The topological polar surface area (TPSA) is 101 Å². The first-order valence-corrected chi connectivity index (χ1v) is 5.86. The highest BCUT2D eigenvalue weighted by Crippen LogP contribution is 2.23. The average molecular weight is 262 g/mol. The van der Waals surface area contributed by atoms with Crippen LogP contribution in [0.25, 0.3) is 0 Å². The summed E-state index contributed by atoms with van der Waals surface area (Å²) >= 11 is 0. The van der Waals surface area contributed by atoms with Gasteiger partial charge in [0.25, 0.3) is 0 Å². The minimum absolute atomic E-state index is 0.218. The molecule has 0 aromatic heterocycles. The van der Waals surface area contributed by atoms with E-state index in [-0.39, 0.29) is 6.54 Å². The van der Waals surface area contributed by atoms with Crippen LogP contribution in [0.1, 0.15) is 17.5 Å². The zero-order valence-corrected chi connectivity index (χ0v) is 10.2. The Bertz CT molecular complexity index is 541. The van der Waals surface area contributed by atoms with Gasteiger partial charge in [0.1, 0.15) is 12.5 Å². The fraction of sp³-hybridized carbons (Fsp3) is 0.308. The normalized spacial score (nSPS) is 17.7. The highest BCUT2D eigenvalue weighted by atomic mass is 16.4. The molecule has 0 saturated carbocycles. The van der Waals surface area contributed by atoms with Crippen molar-refractivity contribution in [3.05, 3.63) is 35.4 Å². The fourth-order valence-electron chi connectivity index (χ4n) is 2.27. The van der Waals surface area contributed by atoms with Gasteiger partial charge in [0, 0.05) is 13.0 Å². The molecule has 19 heavy (non-hydrogen) atoms. The van der Waals surface area contributed by atoms with Crippen LogP contribution in [0.3, 0.4) is 0 Å². The molecule has 2 amide bonds. The first-order valence-electron chi connectivity index (χ1n) is 5.86. The minimum atomic E-state index is -1.22. The summed E-state index contributed by atoms with van der Waals surface area (Å²) in [7, 11) is 0. The number of hydrogen-bond acceptors (Lipinski definition) is 3. The van der Waals surface area contributed by atoms with Crippen LogP contribution in [0.4, 0.5) is 0 Å². The summed E-state index contributed by atoms with van der Waals surface area (Å²) in [5.41, 5.74) is 7.18. The van der Waals surface area contributed by atoms with E-state index in [4.69, 9.17) is 10.8 Å². The molecule has 1 atom stereocenters. The number of primary amides is 1. The van der Waals surface area contributed by atoms with Crippen LogP contribution in [0.2, 0.25) is 0 Å². The van der Waals surface area contributed by atoms with E-state index in [0.29, 0.717) is 6.42 Å². The van der Waals surface area contributed by atoms with Crippen LogP contribution in [-0.2, 0) is 27.3 Å². The Kier molecular flexibility index (Phi) is 3.50. The van der Waals surface area contributed by atoms with Crippen LogP contribution in [0, 0.1) is 0 Å². The number of carbonyl (C=O) groups is 3. The Balaban J connectivity index is 2.29. The lowest BCUT2D eigenvalue weighted by atomic mass is 9.93. The van der Waals surface area contributed by atoms with Gasteiger partial charge < -0.3 is 15.7 Å². The van der Waals surface area contributed by atoms with E-state index in [1.54, 1.807) is 0 Å². The number of hydrogen-bond donors (Lipinski definition) is 2. The zero-order valence-electron chi connectivity index (χ0n) is 10.2. The van der Waals surface area contributed by atoms with E-state index in [0.717, 1.165) is 11.1 Å². The van der Waals surface area contributed by atoms with Crippen LogP contribution in [-0.4, -0.2) is 33.8 Å². The predicted octanol–water partition coefficient (Wildman–Crippen LogP) is -0.100. The molecule has 1 heterocycles. The molecule has 0 spiro atoms. The maximum absolute atomic E-state index is 11.9. The molecule has 0 fully saturated rings. The van der Waals surface area contributed by atoms with Crippen molar-refractivity contribution in [2.45, 2.75) is 25.4 Å². The smallest absolute Gasteiger partial charge is 0.312 e. The second-order valence-electron chi connectivity index (χ2n) is 4.48. The van der Waals surface area contributed by atoms with Crippen molar-refractivity contribution < 1.29 is 19.5 Å². The molecule has 6 nitrogen and oxygen atoms in total. The van der Waals surface area contributed by atoms with Gasteiger partial charge >= 0.3 is 5.97 Å². The van der Waals surface area contributed by atoms with Crippen molar-refractivity contribution in [3.8, 4) is 0 Å². The number of fused-ring (bicyclic) bond motifs is 1. The van der Waals surface area contributed by atoms with Gasteiger partial charge in [0.15, 0.2) is 0 Å². The number of carboxylic acid groups (broad SMARTS) is 1. The van der Waals surface area contributed by atoms with E-state index in [1.807, 2.05) is 24.3 Å². The second kappa shape index (κ2) is 5.09. The number of amides is 2. The Morgan fingerprint density at radius 1 is 1.26 bits per heavy atom. The molecule has 2 rings (SSSR count). The van der Waals surface area contributed by atoms with Gasteiger partial charge in [0.2, 0.25) is 11.8 Å². The first kappa shape index (κ1) is 13.1. The van der Waals surface area contributed by atoms with Crippen LogP contribution >= 0.6 is 0 Å². The lowest BCUT2D eigenvalue weighted by molar-refractivity contribution is -0.148. The molecular formula is C13H14N2O4. The number of carbonyl (C=O) groups excluding carboxylic acids is 2. The molecule has 100 valence electrons. The summed E-state index contributed by atoms with van der Waals surface area (Å²) in [6.07, 6.45) is -0.303. The Labute approximate surface area is 109 Å². The zero-order chi connectivity index (χ0) is 14.0. The number of rotatable bonds is 3. The SMILES string of the molecule is NC(=O)[C@@H]1Cc2ccccc2CN1C(=O)CC(=O)O. The van der Waals surface area contributed by atoms with Crippen molar-refractivity contribution >= 4 is 17.8 Å². The molecule has 0 aliphatic carbocycles. The number of carboxylic acids is 1. The number of benzene rings is 1. The van der Waals surface area contributed by atoms with Gasteiger partial charge in [-0.25, -0.2) is 0 Å². The molecular weight excluding hydrogens is 248 g/mol. The highest BCUT2D eigenvalue weighted by molar-refractivity contribution is 5.96. The maximum Gasteiger partial charge on any atom is 0.312 e. The lowest BCUT2D eigenvalue weighted by Crippen LogP contribution is -2.51. The third kappa shape index (κ3) is 2.73. The maximum atomic E-state index is 11.9. The Morgan fingerprint density at radius 2 is 1.89 bits per heavy atom. The molecule has 0 unspecified atom stereocenters. The van der Waals surface area contributed by atoms with Crippen molar-refractivity contribution in [1.82, 2.24) is 4.90 Å². The van der Waals surface area contributed by atoms with Crippen molar-refractivity contribution in [1.29, 1.82) is 0 Å². The summed E-state index contributed by atoms with van der Waals surface area (Å²) in [6.45, 7) is 0.218. The predicted molar refractivity (Wildman–Crippen MR) is 65.9 cm³/mol. The molecule has 0 bridgehead atoms. The third-order valence-corrected chi connectivity index (χ3v) is 3.20. The van der Waals surface area contributed by atoms with Gasteiger partial charge in [-0.3, -0.25) is 14.4 Å². The van der Waals surface area contributed by atoms with E-state index in [1.165, 1.54) is 4.90 Å². The van der Waals surface area contributed by atoms with E-state index in [2.05, 4.69) is 0 Å². The van der Waals surface area contributed by atoms with Gasteiger partial charge in [-0.15, -0.1) is 0 Å². The van der Waals surface area contributed by atoms with Gasteiger partial charge in [0.05, 0.1) is 0 Å². The summed E-state index contributed by atoms with van der Waals surface area (Å²) in [5.74, 6) is -2.42. The number of nitrogens with zero attached hydrogens (tertiary/aromatic N) is 1. The minimum Gasteiger partial charge on any atom is -0.481 e. The summed E-state index contributed by atoms with van der Waals surface area (Å²) < 4.78 is 0.